The molecular weight excluding hydrogens is 192 g/mol. The average molecular weight is 204 g/mol. The molecule has 0 fully saturated rings. The molecule has 0 aromatic carbocycles. The molecule has 0 amide bonds. The molecule has 2 N–H and O–H groups in total. The summed E-state index contributed by atoms with van der Waals surface area (Å²) in [5.41, 5.74) is 0. The van der Waals surface area contributed by atoms with Crippen molar-refractivity contribution in [3.63, 3.8) is 0 Å². The number of rotatable bonds is 5. The number of hydrogen-bond acceptors (Lipinski definition) is 4. The minimum absolute atomic E-state index is 0.0123. The number of allylic oxidation sites excluding steroid dienone is 1. The molecular formula is C8H12O6. The molecule has 0 aliphatic rings. The SMILES string of the molecule is CCCCC(=COC(=O)O)OC(=O)O. The Kier molecular flexibility index (Phi) is 5.93. The Balaban J connectivity index is 4.14. The highest BCUT2D eigenvalue weighted by molar-refractivity contribution is 5.59. The minimum Gasteiger partial charge on any atom is -0.449 e. The van der Waals surface area contributed by atoms with Crippen LogP contribution < -0.4 is 0 Å². The second-order valence-electron chi connectivity index (χ2n) is 2.44. The standard InChI is InChI=1S/C8H12O6/c1-2-3-4-6(14-8(11)12)5-13-7(9)10/h5H,2-4H2,1H3,(H,9,10)(H,11,12). The van der Waals surface area contributed by atoms with Crippen LogP contribution in [0, 0.1) is 0 Å². The lowest BCUT2D eigenvalue weighted by atomic mass is 10.2. The Labute approximate surface area is 80.7 Å². The van der Waals surface area contributed by atoms with Crippen molar-refractivity contribution in [2.45, 2.75) is 26.2 Å². The molecule has 14 heavy (non-hydrogen) atoms. The Morgan fingerprint density at radius 1 is 1.29 bits per heavy atom. The monoisotopic (exact) mass is 204 g/mol. The summed E-state index contributed by atoms with van der Waals surface area (Å²) < 4.78 is 8.36. The first-order valence-electron chi connectivity index (χ1n) is 4.05. The first kappa shape index (κ1) is 12.3. The first-order chi connectivity index (χ1) is 6.56. The van der Waals surface area contributed by atoms with E-state index >= 15 is 0 Å². The van der Waals surface area contributed by atoms with Crippen molar-refractivity contribution in [2.75, 3.05) is 0 Å². The second-order valence-corrected chi connectivity index (χ2v) is 2.44. The van der Waals surface area contributed by atoms with E-state index in [-0.39, 0.29) is 5.76 Å². The first-order valence-corrected chi connectivity index (χ1v) is 4.05. The molecule has 0 radical (unpaired) electrons. The van der Waals surface area contributed by atoms with Gasteiger partial charge in [0.05, 0.1) is 0 Å². The van der Waals surface area contributed by atoms with Gasteiger partial charge in [-0.05, 0) is 6.42 Å². The van der Waals surface area contributed by atoms with Crippen molar-refractivity contribution >= 4 is 12.3 Å². The number of ether oxygens (including phenoxy) is 2. The van der Waals surface area contributed by atoms with Crippen LogP contribution >= 0.6 is 0 Å². The van der Waals surface area contributed by atoms with Crippen LogP contribution in [0.5, 0.6) is 0 Å². The second kappa shape index (κ2) is 6.76. The van der Waals surface area contributed by atoms with Gasteiger partial charge in [0.2, 0.25) is 0 Å². The lowest BCUT2D eigenvalue weighted by Crippen LogP contribution is -2.02. The van der Waals surface area contributed by atoms with E-state index in [2.05, 4.69) is 9.47 Å². The largest absolute Gasteiger partial charge is 0.511 e. The summed E-state index contributed by atoms with van der Waals surface area (Å²) in [5.74, 6) is -0.0123. The summed E-state index contributed by atoms with van der Waals surface area (Å²) in [6.45, 7) is 1.91. The van der Waals surface area contributed by atoms with Gasteiger partial charge in [0.15, 0.2) is 0 Å². The molecule has 0 aromatic heterocycles. The lowest BCUT2D eigenvalue weighted by Gasteiger charge is -2.03. The Morgan fingerprint density at radius 2 is 1.93 bits per heavy atom. The van der Waals surface area contributed by atoms with Gasteiger partial charge in [0, 0.05) is 6.42 Å². The van der Waals surface area contributed by atoms with Crippen molar-refractivity contribution < 1.29 is 29.3 Å². The van der Waals surface area contributed by atoms with Gasteiger partial charge in [-0.1, -0.05) is 13.3 Å². The van der Waals surface area contributed by atoms with Crippen molar-refractivity contribution in [2.24, 2.45) is 0 Å². The molecule has 0 aliphatic heterocycles. The molecule has 0 bridgehead atoms. The number of unbranched alkanes of at least 4 members (excludes halogenated alkanes) is 1. The van der Waals surface area contributed by atoms with E-state index in [1.807, 2.05) is 6.92 Å². The zero-order valence-corrected chi connectivity index (χ0v) is 7.73. The molecule has 0 saturated heterocycles. The third kappa shape index (κ3) is 6.96. The molecule has 6 heteroatoms. The van der Waals surface area contributed by atoms with Crippen LogP contribution in [0.4, 0.5) is 9.59 Å². The maximum absolute atomic E-state index is 10.2. The van der Waals surface area contributed by atoms with Crippen LogP contribution in [0.2, 0.25) is 0 Å². The predicted octanol–water partition coefficient (Wildman–Crippen LogP) is 2.41. The number of hydrogen-bond donors (Lipinski definition) is 2. The zero-order chi connectivity index (χ0) is 11.0. The third-order valence-corrected chi connectivity index (χ3v) is 1.29. The molecule has 0 unspecified atom stereocenters. The summed E-state index contributed by atoms with van der Waals surface area (Å²) in [4.78, 5) is 20.1. The summed E-state index contributed by atoms with van der Waals surface area (Å²) >= 11 is 0. The van der Waals surface area contributed by atoms with Gasteiger partial charge in [0.1, 0.15) is 12.0 Å². The van der Waals surface area contributed by atoms with Crippen LogP contribution in [-0.4, -0.2) is 22.5 Å². The summed E-state index contributed by atoms with van der Waals surface area (Å²) in [6.07, 6.45) is -0.341. The molecule has 0 saturated carbocycles. The van der Waals surface area contributed by atoms with E-state index in [4.69, 9.17) is 10.2 Å². The zero-order valence-electron chi connectivity index (χ0n) is 7.73. The van der Waals surface area contributed by atoms with Crippen LogP contribution in [-0.2, 0) is 9.47 Å². The van der Waals surface area contributed by atoms with Crippen molar-refractivity contribution in [3.8, 4) is 0 Å². The molecule has 0 aromatic rings. The van der Waals surface area contributed by atoms with Crippen LogP contribution in [0.1, 0.15) is 26.2 Å². The predicted molar refractivity (Wildman–Crippen MR) is 45.8 cm³/mol. The highest BCUT2D eigenvalue weighted by atomic mass is 16.7. The fourth-order valence-electron chi connectivity index (χ4n) is 0.713. The van der Waals surface area contributed by atoms with Crippen molar-refractivity contribution in [1.29, 1.82) is 0 Å². The average Bonchev–Trinajstić information content (AvgIpc) is 2.09. The van der Waals surface area contributed by atoms with E-state index in [0.717, 1.165) is 12.7 Å². The van der Waals surface area contributed by atoms with Gasteiger partial charge in [-0.2, -0.15) is 0 Å². The van der Waals surface area contributed by atoms with Gasteiger partial charge in [-0.3, -0.25) is 0 Å². The van der Waals surface area contributed by atoms with E-state index in [1.54, 1.807) is 0 Å². The number of carboxylic acid groups (broad SMARTS) is 2. The van der Waals surface area contributed by atoms with E-state index < -0.39 is 12.3 Å². The minimum atomic E-state index is -1.51. The van der Waals surface area contributed by atoms with Gasteiger partial charge in [-0.15, -0.1) is 0 Å². The molecule has 0 spiro atoms. The molecule has 0 aliphatic carbocycles. The third-order valence-electron chi connectivity index (χ3n) is 1.29. The van der Waals surface area contributed by atoms with Crippen LogP contribution in [0.3, 0.4) is 0 Å². The fraction of sp³-hybridized carbons (Fsp3) is 0.500. The summed E-state index contributed by atoms with van der Waals surface area (Å²) in [6, 6.07) is 0. The molecule has 0 atom stereocenters. The number of carbonyl (C=O) groups is 2. The molecule has 80 valence electrons. The maximum atomic E-state index is 10.2. The summed E-state index contributed by atoms with van der Waals surface area (Å²) in [7, 11) is 0. The topological polar surface area (TPSA) is 93.1 Å². The van der Waals surface area contributed by atoms with Gasteiger partial charge in [-0.25, -0.2) is 9.59 Å². The van der Waals surface area contributed by atoms with Crippen LogP contribution in [0.25, 0.3) is 0 Å². The smallest absolute Gasteiger partial charge is 0.449 e. The lowest BCUT2D eigenvalue weighted by molar-refractivity contribution is 0.103. The molecule has 0 rings (SSSR count). The highest BCUT2D eigenvalue weighted by Gasteiger charge is 2.06. The fourth-order valence-corrected chi connectivity index (χ4v) is 0.713. The Morgan fingerprint density at radius 3 is 2.36 bits per heavy atom. The quantitative estimate of drug-likeness (QED) is 0.527. The molecule has 0 heterocycles. The van der Waals surface area contributed by atoms with Crippen molar-refractivity contribution in [1.82, 2.24) is 0 Å². The maximum Gasteiger partial charge on any atom is 0.511 e. The Bertz CT molecular complexity index is 232. The van der Waals surface area contributed by atoms with E-state index in [9.17, 15) is 9.59 Å². The normalized spacial score (nSPS) is 10.8. The Hall–Kier alpha value is -1.72. The van der Waals surface area contributed by atoms with E-state index in [0.29, 0.717) is 12.8 Å². The van der Waals surface area contributed by atoms with Crippen LogP contribution in [0.15, 0.2) is 12.0 Å². The summed E-state index contributed by atoms with van der Waals surface area (Å²) in [5, 5.41) is 16.4. The van der Waals surface area contributed by atoms with Gasteiger partial charge in [0.25, 0.3) is 0 Å². The van der Waals surface area contributed by atoms with Gasteiger partial charge >= 0.3 is 12.3 Å². The van der Waals surface area contributed by atoms with Crippen molar-refractivity contribution in [3.05, 3.63) is 12.0 Å². The highest BCUT2D eigenvalue weighted by Crippen LogP contribution is 2.09. The molecule has 6 nitrogen and oxygen atoms in total. The van der Waals surface area contributed by atoms with Gasteiger partial charge < -0.3 is 19.7 Å². The van der Waals surface area contributed by atoms with E-state index in [1.165, 1.54) is 0 Å².